The predicted molar refractivity (Wildman–Crippen MR) is 139 cm³/mol. The summed E-state index contributed by atoms with van der Waals surface area (Å²) in [6, 6.07) is 23.2. The standard InChI is InChI=1S/C27H25ClN4O2S/c1-34-21-14-12-20(13-15-21)32-25(23-10-4-5-11-24(23)28)29-30-27(32)35-18-19-8-2-3-9-22(19)26(33)31-16-6-7-17-31/h2-5,8-15H,6-7,16-18H2,1H3. The smallest absolute Gasteiger partial charge is 0.254 e. The molecular formula is C27H25ClN4O2S. The molecule has 1 fully saturated rings. The van der Waals surface area contributed by atoms with Crippen molar-refractivity contribution in [2.24, 2.45) is 0 Å². The molecule has 0 unspecified atom stereocenters. The van der Waals surface area contributed by atoms with Crippen molar-refractivity contribution in [2.45, 2.75) is 23.8 Å². The van der Waals surface area contributed by atoms with Crippen LogP contribution in [0.4, 0.5) is 0 Å². The summed E-state index contributed by atoms with van der Waals surface area (Å²) in [4.78, 5) is 15.1. The number of methoxy groups -OCH3 is 1. The molecule has 1 aliphatic rings. The number of thioether (sulfide) groups is 1. The minimum atomic E-state index is 0.104. The number of ether oxygens (including phenoxy) is 1. The van der Waals surface area contributed by atoms with Gasteiger partial charge in [0, 0.05) is 35.7 Å². The molecule has 1 amide bonds. The van der Waals surface area contributed by atoms with Gasteiger partial charge in [-0.1, -0.05) is 53.7 Å². The van der Waals surface area contributed by atoms with Crippen LogP contribution in [0.15, 0.2) is 78.0 Å². The summed E-state index contributed by atoms with van der Waals surface area (Å²) in [6.07, 6.45) is 2.14. The third-order valence-electron chi connectivity index (χ3n) is 6.08. The Bertz CT molecular complexity index is 1330. The average Bonchev–Trinajstić information content (AvgIpc) is 3.58. The molecule has 0 N–H and O–H groups in total. The van der Waals surface area contributed by atoms with E-state index in [1.165, 1.54) is 0 Å². The maximum atomic E-state index is 13.1. The predicted octanol–water partition coefficient (Wildman–Crippen LogP) is 6.12. The van der Waals surface area contributed by atoms with E-state index in [0.29, 0.717) is 21.8 Å². The number of likely N-dealkylation sites (tertiary alicyclic amines) is 1. The van der Waals surface area contributed by atoms with Gasteiger partial charge in [0.25, 0.3) is 5.91 Å². The molecule has 0 atom stereocenters. The van der Waals surface area contributed by atoms with Crippen LogP contribution in [0, 0.1) is 0 Å². The molecule has 178 valence electrons. The molecule has 0 spiro atoms. The molecular weight excluding hydrogens is 480 g/mol. The van der Waals surface area contributed by atoms with Crippen LogP contribution in [-0.4, -0.2) is 45.8 Å². The Labute approximate surface area is 213 Å². The van der Waals surface area contributed by atoms with E-state index in [0.717, 1.165) is 54.1 Å². The fourth-order valence-electron chi connectivity index (χ4n) is 4.23. The van der Waals surface area contributed by atoms with Crippen LogP contribution in [0.3, 0.4) is 0 Å². The van der Waals surface area contributed by atoms with Crippen LogP contribution < -0.4 is 4.74 Å². The molecule has 0 aliphatic carbocycles. The van der Waals surface area contributed by atoms with Crippen molar-refractivity contribution in [3.63, 3.8) is 0 Å². The topological polar surface area (TPSA) is 60.2 Å². The zero-order valence-corrected chi connectivity index (χ0v) is 20.9. The number of rotatable bonds is 7. The summed E-state index contributed by atoms with van der Waals surface area (Å²) in [5, 5.41) is 10.3. The number of benzene rings is 3. The van der Waals surface area contributed by atoms with Crippen LogP contribution >= 0.6 is 23.4 Å². The number of carbonyl (C=O) groups is 1. The van der Waals surface area contributed by atoms with Gasteiger partial charge in [-0.15, -0.1) is 10.2 Å². The van der Waals surface area contributed by atoms with Gasteiger partial charge in [-0.3, -0.25) is 9.36 Å². The molecule has 35 heavy (non-hydrogen) atoms. The first-order valence-electron chi connectivity index (χ1n) is 11.5. The highest BCUT2D eigenvalue weighted by molar-refractivity contribution is 7.98. The molecule has 2 heterocycles. The van der Waals surface area contributed by atoms with Crippen LogP contribution in [0.2, 0.25) is 5.02 Å². The van der Waals surface area contributed by atoms with E-state index in [2.05, 4.69) is 10.2 Å². The summed E-state index contributed by atoms with van der Waals surface area (Å²) in [6.45, 7) is 1.65. The van der Waals surface area contributed by atoms with E-state index in [4.69, 9.17) is 16.3 Å². The van der Waals surface area contributed by atoms with Crippen LogP contribution in [0.5, 0.6) is 5.75 Å². The first-order valence-corrected chi connectivity index (χ1v) is 12.9. The highest BCUT2D eigenvalue weighted by Crippen LogP contribution is 2.34. The third-order valence-corrected chi connectivity index (χ3v) is 7.38. The molecule has 6 nitrogen and oxygen atoms in total. The molecule has 0 bridgehead atoms. The second-order valence-corrected chi connectivity index (χ2v) is 9.61. The summed E-state index contributed by atoms with van der Waals surface area (Å²) in [5.41, 5.74) is 3.44. The van der Waals surface area contributed by atoms with Crippen LogP contribution in [0.1, 0.15) is 28.8 Å². The van der Waals surface area contributed by atoms with Crippen molar-refractivity contribution in [1.29, 1.82) is 0 Å². The van der Waals surface area contributed by atoms with Gasteiger partial charge in [0.2, 0.25) is 0 Å². The molecule has 1 aromatic heterocycles. The molecule has 4 aromatic rings. The molecule has 1 saturated heterocycles. The van der Waals surface area contributed by atoms with Gasteiger partial charge in [-0.25, -0.2) is 0 Å². The molecule has 5 rings (SSSR count). The van der Waals surface area contributed by atoms with Crippen molar-refractivity contribution >= 4 is 29.3 Å². The number of aromatic nitrogens is 3. The lowest BCUT2D eigenvalue weighted by Crippen LogP contribution is -2.28. The highest BCUT2D eigenvalue weighted by Gasteiger charge is 2.23. The van der Waals surface area contributed by atoms with Gasteiger partial charge < -0.3 is 9.64 Å². The maximum absolute atomic E-state index is 13.1. The highest BCUT2D eigenvalue weighted by atomic mass is 35.5. The van der Waals surface area contributed by atoms with Gasteiger partial charge >= 0.3 is 0 Å². The molecule has 1 aliphatic heterocycles. The van der Waals surface area contributed by atoms with E-state index in [1.54, 1.807) is 18.9 Å². The molecule has 0 saturated carbocycles. The first-order chi connectivity index (χ1) is 17.2. The average molecular weight is 505 g/mol. The second kappa shape index (κ2) is 10.5. The van der Waals surface area contributed by atoms with Crippen molar-refractivity contribution in [1.82, 2.24) is 19.7 Å². The van der Waals surface area contributed by atoms with Crippen molar-refractivity contribution in [3.05, 3.63) is 88.9 Å². The Hall–Kier alpha value is -3.29. The van der Waals surface area contributed by atoms with Crippen molar-refractivity contribution in [3.8, 4) is 22.8 Å². The lowest BCUT2D eigenvalue weighted by atomic mass is 10.1. The fourth-order valence-corrected chi connectivity index (χ4v) is 5.41. The van der Waals surface area contributed by atoms with E-state index >= 15 is 0 Å². The minimum absolute atomic E-state index is 0.104. The van der Waals surface area contributed by atoms with Gasteiger partial charge in [0.1, 0.15) is 5.75 Å². The maximum Gasteiger partial charge on any atom is 0.254 e. The normalized spacial score (nSPS) is 13.3. The molecule has 8 heteroatoms. The molecule has 3 aromatic carbocycles. The quantitative estimate of drug-likeness (QED) is 0.283. The number of halogens is 1. The van der Waals surface area contributed by atoms with Gasteiger partial charge in [-0.2, -0.15) is 0 Å². The number of hydrogen-bond donors (Lipinski definition) is 0. The summed E-state index contributed by atoms with van der Waals surface area (Å²) < 4.78 is 7.33. The lowest BCUT2D eigenvalue weighted by molar-refractivity contribution is 0.0792. The third kappa shape index (κ3) is 4.92. The fraction of sp³-hybridized carbons (Fsp3) is 0.222. The summed E-state index contributed by atoms with van der Waals surface area (Å²) in [7, 11) is 1.64. The summed E-state index contributed by atoms with van der Waals surface area (Å²) in [5.74, 6) is 2.12. The summed E-state index contributed by atoms with van der Waals surface area (Å²) >= 11 is 8.06. The zero-order valence-electron chi connectivity index (χ0n) is 19.4. The van der Waals surface area contributed by atoms with E-state index < -0.39 is 0 Å². The van der Waals surface area contributed by atoms with Crippen LogP contribution in [0.25, 0.3) is 17.1 Å². The largest absolute Gasteiger partial charge is 0.497 e. The van der Waals surface area contributed by atoms with Crippen LogP contribution in [-0.2, 0) is 5.75 Å². The van der Waals surface area contributed by atoms with E-state index in [9.17, 15) is 4.79 Å². The van der Waals surface area contributed by atoms with E-state index in [1.807, 2.05) is 82.3 Å². The SMILES string of the molecule is COc1ccc(-n2c(SCc3ccccc3C(=O)N3CCCC3)nnc2-c2ccccc2Cl)cc1. The number of amides is 1. The Balaban J connectivity index is 1.49. The second-order valence-electron chi connectivity index (χ2n) is 8.26. The Morgan fingerprint density at radius 1 is 0.971 bits per heavy atom. The van der Waals surface area contributed by atoms with Gasteiger partial charge in [0.05, 0.1) is 12.1 Å². The number of nitrogens with zero attached hydrogens (tertiary/aromatic N) is 4. The van der Waals surface area contributed by atoms with Crippen molar-refractivity contribution < 1.29 is 9.53 Å². The Morgan fingerprint density at radius 3 is 2.43 bits per heavy atom. The van der Waals surface area contributed by atoms with Crippen molar-refractivity contribution in [2.75, 3.05) is 20.2 Å². The van der Waals surface area contributed by atoms with E-state index in [-0.39, 0.29) is 5.91 Å². The zero-order chi connectivity index (χ0) is 24.2. The van der Waals surface area contributed by atoms with Gasteiger partial charge in [-0.05, 0) is 60.9 Å². The first kappa shape index (κ1) is 23.5. The Kier molecular flexibility index (Phi) is 7.06. The number of carbonyl (C=O) groups excluding carboxylic acids is 1. The number of hydrogen-bond acceptors (Lipinski definition) is 5. The molecule has 0 radical (unpaired) electrons. The minimum Gasteiger partial charge on any atom is -0.497 e. The Morgan fingerprint density at radius 2 is 1.69 bits per heavy atom. The monoisotopic (exact) mass is 504 g/mol. The van der Waals surface area contributed by atoms with Gasteiger partial charge in [0.15, 0.2) is 11.0 Å². The lowest BCUT2D eigenvalue weighted by Gasteiger charge is -2.17.